The fourth-order valence-electron chi connectivity index (χ4n) is 2.92. The molecule has 0 saturated heterocycles. The van der Waals surface area contributed by atoms with Gasteiger partial charge in [0.05, 0.1) is 22.6 Å². The molecular formula is C19H15Cl2N3O. The second-order valence-electron chi connectivity index (χ2n) is 5.91. The molecule has 0 fully saturated rings. The van der Waals surface area contributed by atoms with Gasteiger partial charge in [-0.05, 0) is 37.1 Å². The van der Waals surface area contributed by atoms with Gasteiger partial charge in [0.15, 0.2) is 5.65 Å². The summed E-state index contributed by atoms with van der Waals surface area (Å²) in [4.78, 5) is 4.70. The van der Waals surface area contributed by atoms with Gasteiger partial charge >= 0.3 is 0 Å². The topological polar surface area (TPSA) is 42.5 Å². The summed E-state index contributed by atoms with van der Waals surface area (Å²) in [5.74, 6) is 0.790. The Kier molecular flexibility index (Phi) is 3.94. The SMILES string of the molecule is Cc1cccc(C)c1Nc1c(-c2ccoc2)nc2c(Cl)cc(Cl)cn12. The first kappa shape index (κ1) is 16.1. The molecule has 0 atom stereocenters. The van der Waals surface area contributed by atoms with Crippen molar-refractivity contribution in [1.82, 2.24) is 9.38 Å². The summed E-state index contributed by atoms with van der Waals surface area (Å²) in [6.07, 6.45) is 5.08. The van der Waals surface area contributed by atoms with Crippen molar-refractivity contribution in [3.63, 3.8) is 0 Å². The fraction of sp³-hybridized carbons (Fsp3) is 0.105. The zero-order valence-corrected chi connectivity index (χ0v) is 15.2. The minimum atomic E-state index is 0.492. The van der Waals surface area contributed by atoms with Crippen molar-refractivity contribution in [3.05, 3.63) is 70.2 Å². The molecule has 1 aromatic carbocycles. The third-order valence-corrected chi connectivity index (χ3v) is 4.65. The summed E-state index contributed by atoms with van der Waals surface area (Å²) in [5, 5.41) is 4.55. The van der Waals surface area contributed by atoms with Crippen molar-refractivity contribution in [2.75, 3.05) is 5.32 Å². The van der Waals surface area contributed by atoms with E-state index < -0.39 is 0 Å². The molecule has 0 aliphatic rings. The Hall–Kier alpha value is -2.43. The van der Waals surface area contributed by atoms with Crippen LogP contribution in [-0.2, 0) is 0 Å². The maximum atomic E-state index is 6.36. The number of furan rings is 1. The maximum Gasteiger partial charge on any atom is 0.158 e. The highest BCUT2D eigenvalue weighted by molar-refractivity contribution is 6.36. The molecule has 0 radical (unpaired) electrons. The van der Waals surface area contributed by atoms with E-state index in [4.69, 9.17) is 32.6 Å². The number of rotatable bonds is 3. The molecule has 4 nitrogen and oxygen atoms in total. The molecule has 126 valence electrons. The second-order valence-corrected chi connectivity index (χ2v) is 6.76. The zero-order chi connectivity index (χ0) is 17.6. The van der Waals surface area contributed by atoms with Gasteiger partial charge in [-0.15, -0.1) is 0 Å². The number of imidazole rings is 1. The number of para-hydroxylation sites is 1. The van der Waals surface area contributed by atoms with Crippen LogP contribution in [0.5, 0.6) is 0 Å². The predicted octanol–water partition coefficient (Wildman–Crippen LogP) is 6.26. The van der Waals surface area contributed by atoms with Gasteiger partial charge in [-0.3, -0.25) is 4.40 Å². The summed E-state index contributed by atoms with van der Waals surface area (Å²) in [6.45, 7) is 4.13. The third-order valence-electron chi connectivity index (χ3n) is 4.16. The number of hydrogen-bond acceptors (Lipinski definition) is 3. The first-order valence-electron chi connectivity index (χ1n) is 7.77. The number of hydrogen-bond donors (Lipinski definition) is 1. The lowest BCUT2D eigenvalue weighted by Gasteiger charge is -2.13. The van der Waals surface area contributed by atoms with Gasteiger partial charge in [0.25, 0.3) is 0 Å². The van der Waals surface area contributed by atoms with Crippen molar-refractivity contribution in [2.45, 2.75) is 13.8 Å². The van der Waals surface area contributed by atoms with Gasteiger partial charge in [0.2, 0.25) is 0 Å². The molecule has 6 heteroatoms. The van der Waals surface area contributed by atoms with E-state index in [1.165, 1.54) is 0 Å². The number of anilines is 2. The molecular weight excluding hydrogens is 357 g/mol. The van der Waals surface area contributed by atoms with Gasteiger partial charge in [-0.25, -0.2) is 4.98 Å². The number of nitrogens with zero attached hydrogens (tertiary/aromatic N) is 2. The van der Waals surface area contributed by atoms with Gasteiger partial charge in [-0.1, -0.05) is 41.4 Å². The van der Waals surface area contributed by atoms with E-state index in [1.54, 1.807) is 24.8 Å². The van der Waals surface area contributed by atoms with Gasteiger partial charge < -0.3 is 9.73 Å². The Balaban J connectivity index is 1.99. The van der Waals surface area contributed by atoms with Crippen LogP contribution in [0.2, 0.25) is 10.0 Å². The van der Waals surface area contributed by atoms with Gasteiger partial charge in [-0.2, -0.15) is 0 Å². The van der Waals surface area contributed by atoms with Crippen LogP contribution in [0.15, 0.2) is 53.5 Å². The number of pyridine rings is 1. The molecule has 25 heavy (non-hydrogen) atoms. The molecule has 3 heterocycles. The maximum absolute atomic E-state index is 6.36. The Morgan fingerprint density at radius 1 is 1.12 bits per heavy atom. The molecule has 0 saturated carbocycles. The largest absolute Gasteiger partial charge is 0.472 e. The molecule has 0 bridgehead atoms. The number of aryl methyl sites for hydroxylation is 2. The number of nitrogens with one attached hydrogen (secondary N) is 1. The van der Waals surface area contributed by atoms with E-state index in [1.807, 2.05) is 16.5 Å². The molecule has 3 aromatic heterocycles. The first-order chi connectivity index (χ1) is 12.0. The quantitative estimate of drug-likeness (QED) is 0.461. The normalized spacial score (nSPS) is 11.2. The molecule has 0 spiro atoms. The van der Waals surface area contributed by atoms with E-state index in [9.17, 15) is 0 Å². The molecule has 1 N–H and O–H groups in total. The molecule has 0 aliphatic carbocycles. The Labute approximate surface area is 155 Å². The number of aromatic nitrogens is 2. The third kappa shape index (κ3) is 2.77. The van der Waals surface area contributed by atoms with Crippen LogP contribution in [-0.4, -0.2) is 9.38 Å². The van der Waals surface area contributed by atoms with Crippen LogP contribution in [0.25, 0.3) is 16.9 Å². The highest BCUT2D eigenvalue weighted by atomic mass is 35.5. The first-order valence-corrected chi connectivity index (χ1v) is 8.53. The molecule has 0 amide bonds. The van der Waals surface area contributed by atoms with Crippen LogP contribution < -0.4 is 5.32 Å². The van der Waals surface area contributed by atoms with Gasteiger partial charge in [0, 0.05) is 17.4 Å². The monoisotopic (exact) mass is 371 g/mol. The number of benzene rings is 1. The minimum absolute atomic E-state index is 0.492. The fourth-order valence-corrected chi connectivity index (χ4v) is 3.44. The Morgan fingerprint density at radius 3 is 2.56 bits per heavy atom. The van der Waals surface area contributed by atoms with E-state index in [0.717, 1.165) is 33.9 Å². The van der Waals surface area contributed by atoms with E-state index in [0.29, 0.717) is 15.7 Å². The van der Waals surface area contributed by atoms with Crippen molar-refractivity contribution < 1.29 is 4.42 Å². The summed E-state index contributed by atoms with van der Waals surface area (Å²) in [6, 6.07) is 9.72. The van der Waals surface area contributed by atoms with Gasteiger partial charge in [0.1, 0.15) is 11.5 Å². The van der Waals surface area contributed by atoms with Crippen LogP contribution in [0, 0.1) is 13.8 Å². The summed E-state index contributed by atoms with van der Waals surface area (Å²) in [7, 11) is 0. The van der Waals surface area contributed by atoms with Crippen molar-refractivity contribution >= 4 is 40.4 Å². The van der Waals surface area contributed by atoms with E-state index in [-0.39, 0.29) is 0 Å². The highest BCUT2D eigenvalue weighted by Gasteiger charge is 2.19. The van der Waals surface area contributed by atoms with Crippen molar-refractivity contribution in [2.24, 2.45) is 0 Å². The van der Waals surface area contributed by atoms with Crippen LogP contribution in [0.3, 0.4) is 0 Å². The number of halogens is 2. The van der Waals surface area contributed by atoms with Crippen LogP contribution >= 0.6 is 23.2 Å². The predicted molar refractivity (Wildman–Crippen MR) is 102 cm³/mol. The molecule has 4 aromatic rings. The Bertz CT molecular complexity index is 1050. The summed E-state index contributed by atoms with van der Waals surface area (Å²) < 4.78 is 7.11. The lowest BCUT2D eigenvalue weighted by Crippen LogP contribution is -2.00. The highest BCUT2D eigenvalue weighted by Crippen LogP contribution is 2.36. The van der Waals surface area contributed by atoms with Crippen molar-refractivity contribution in [1.29, 1.82) is 0 Å². The van der Waals surface area contributed by atoms with E-state index in [2.05, 4.69) is 31.3 Å². The second kappa shape index (κ2) is 6.14. The number of fused-ring (bicyclic) bond motifs is 1. The lowest BCUT2D eigenvalue weighted by atomic mass is 10.1. The summed E-state index contributed by atoms with van der Waals surface area (Å²) >= 11 is 12.6. The smallest absolute Gasteiger partial charge is 0.158 e. The molecule has 4 rings (SSSR count). The van der Waals surface area contributed by atoms with Crippen molar-refractivity contribution in [3.8, 4) is 11.3 Å². The molecule has 0 aliphatic heterocycles. The lowest BCUT2D eigenvalue weighted by molar-refractivity contribution is 0.568. The molecule has 0 unspecified atom stereocenters. The average Bonchev–Trinajstić information content (AvgIpc) is 3.19. The van der Waals surface area contributed by atoms with Crippen LogP contribution in [0.1, 0.15) is 11.1 Å². The average molecular weight is 372 g/mol. The van der Waals surface area contributed by atoms with Crippen LogP contribution in [0.4, 0.5) is 11.5 Å². The minimum Gasteiger partial charge on any atom is -0.472 e. The van der Waals surface area contributed by atoms with E-state index >= 15 is 0 Å². The standard InChI is InChI=1S/C19H15Cl2N3O/c1-11-4-3-5-12(2)16(11)22-19-17(13-6-7-25-10-13)23-18-15(21)8-14(20)9-24(18)19/h3-10,22H,1-2H3. The Morgan fingerprint density at radius 2 is 1.88 bits per heavy atom. The summed E-state index contributed by atoms with van der Waals surface area (Å²) in [5.41, 5.74) is 5.56. The zero-order valence-electron chi connectivity index (χ0n) is 13.7.